The van der Waals surface area contributed by atoms with Crippen LogP contribution in [-0.4, -0.2) is 9.46 Å². The molecule has 1 saturated carbocycles. The normalized spacial score (nSPS) is 18.8. The molecule has 0 saturated heterocycles. The minimum Gasteiger partial charge on any atom is -0.460 e. The van der Waals surface area contributed by atoms with E-state index in [1.54, 1.807) is 0 Å². The number of hydrogen-bond donors (Lipinski definition) is 0. The van der Waals surface area contributed by atoms with Crippen molar-refractivity contribution in [2.45, 2.75) is 49.2 Å². The summed E-state index contributed by atoms with van der Waals surface area (Å²) in [5.74, 6) is 0.820. The second-order valence-electron chi connectivity index (χ2n) is 5.19. The fourth-order valence-electron chi connectivity index (χ4n) is 2.87. The first-order valence-electron chi connectivity index (χ1n) is 6.76. The third-order valence-electron chi connectivity index (χ3n) is 3.83. The highest BCUT2D eigenvalue weighted by atomic mass is 127. The van der Waals surface area contributed by atoms with E-state index in [9.17, 15) is 4.21 Å². The lowest BCUT2D eigenvalue weighted by Crippen LogP contribution is -2.19. The van der Waals surface area contributed by atoms with Crippen molar-refractivity contribution < 1.29 is 8.63 Å². The van der Waals surface area contributed by atoms with Gasteiger partial charge in [-0.3, -0.25) is 4.21 Å². The average Bonchev–Trinajstić information content (AvgIpc) is 2.74. The summed E-state index contributed by atoms with van der Waals surface area (Å²) in [6.45, 7) is 1.93. The van der Waals surface area contributed by atoms with Gasteiger partial charge in [0.15, 0.2) is 0 Å². The second kappa shape index (κ2) is 5.56. The van der Waals surface area contributed by atoms with E-state index in [0.717, 1.165) is 38.0 Å². The molecule has 1 aliphatic rings. The minimum absolute atomic E-state index is 0.311. The Morgan fingerprint density at radius 1 is 1.26 bits per heavy atom. The molecule has 0 radical (unpaired) electrons. The molecule has 0 bridgehead atoms. The number of fused-ring (bicyclic) bond motifs is 1. The lowest BCUT2D eigenvalue weighted by Gasteiger charge is -2.20. The molecule has 1 aromatic heterocycles. The standard InChI is InChI=1S/C15H17IO2S/c1-10-15(19(17)12-5-3-2-4-6-12)13-9-11(16)7-8-14(13)18-10/h7-9,12H,2-6H2,1H3. The van der Waals surface area contributed by atoms with Crippen molar-refractivity contribution in [1.82, 2.24) is 0 Å². The van der Waals surface area contributed by atoms with Crippen LogP contribution < -0.4 is 0 Å². The molecule has 0 amide bonds. The molecule has 2 aromatic rings. The van der Waals surface area contributed by atoms with Gasteiger partial charge in [-0.05, 0) is 60.6 Å². The van der Waals surface area contributed by atoms with Gasteiger partial charge in [0, 0.05) is 14.2 Å². The summed E-state index contributed by atoms with van der Waals surface area (Å²) in [5.41, 5.74) is 0.858. The molecule has 2 nitrogen and oxygen atoms in total. The van der Waals surface area contributed by atoms with Gasteiger partial charge in [0.05, 0.1) is 15.7 Å². The maximum Gasteiger partial charge on any atom is 0.135 e. The molecule has 102 valence electrons. The van der Waals surface area contributed by atoms with Crippen LogP contribution in [0.25, 0.3) is 11.0 Å². The van der Waals surface area contributed by atoms with Crippen molar-refractivity contribution in [2.24, 2.45) is 0 Å². The van der Waals surface area contributed by atoms with Gasteiger partial charge in [0.1, 0.15) is 11.3 Å². The summed E-state index contributed by atoms with van der Waals surface area (Å²) in [6.07, 6.45) is 5.88. The zero-order valence-electron chi connectivity index (χ0n) is 10.9. The molecule has 1 fully saturated rings. The SMILES string of the molecule is Cc1oc2ccc(I)cc2c1S(=O)C1CCCCC1. The molecule has 0 spiro atoms. The number of aryl methyl sites for hydroxylation is 1. The van der Waals surface area contributed by atoms with Crippen LogP contribution in [0.5, 0.6) is 0 Å². The Balaban J connectivity index is 2.05. The Morgan fingerprint density at radius 3 is 2.74 bits per heavy atom. The lowest BCUT2D eigenvalue weighted by molar-refractivity contribution is 0.503. The molecule has 1 heterocycles. The van der Waals surface area contributed by atoms with E-state index in [2.05, 4.69) is 28.7 Å². The van der Waals surface area contributed by atoms with Crippen LogP contribution in [0.1, 0.15) is 37.9 Å². The van der Waals surface area contributed by atoms with Gasteiger partial charge in [-0.15, -0.1) is 0 Å². The van der Waals surface area contributed by atoms with Crippen LogP contribution in [0.15, 0.2) is 27.5 Å². The van der Waals surface area contributed by atoms with Gasteiger partial charge in [0.25, 0.3) is 0 Å². The number of hydrogen-bond acceptors (Lipinski definition) is 2. The van der Waals surface area contributed by atoms with E-state index in [1.165, 1.54) is 19.3 Å². The molecule has 3 rings (SSSR count). The lowest BCUT2D eigenvalue weighted by atomic mass is 10.0. The predicted molar refractivity (Wildman–Crippen MR) is 86.9 cm³/mol. The van der Waals surface area contributed by atoms with Crippen LogP contribution in [-0.2, 0) is 10.8 Å². The number of rotatable bonds is 2. The zero-order valence-corrected chi connectivity index (χ0v) is 13.9. The van der Waals surface area contributed by atoms with Crippen LogP contribution in [0.2, 0.25) is 0 Å². The summed E-state index contributed by atoms with van der Waals surface area (Å²) >= 11 is 2.29. The van der Waals surface area contributed by atoms with E-state index < -0.39 is 10.8 Å². The smallest absolute Gasteiger partial charge is 0.135 e. The fraction of sp³-hybridized carbons (Fsp3) is 0.467. The Kier molecular flexibility index (Phi) is 3.98. The number of benzene rings is 1. The van der Waals surface area contributed by atoms with Gasteiger partial charge in [-0.2, -0.15) is 0 Å². The highest BCUT2D eigenvalue weighted by Gasteiger charge is 2.26. The third kappa shape index (κ3) is 2.61. The van der Waals surface area contributed by atoms with E-state index >= 15 is 0 Å². The van der Waals surface area contributed by atoms with Gasteiger partial charge in [-0.1, -0.05) is 19.3 Å². The van der Waals surface area contributed by atoms with Crippen LogP contribution >= 0.6 is 22.6 Å². The Bertz CT molecular complexity index is 626. The highest BCUT2D eigenvalue weighted by Crippen LogP contribution is 2.34. The van der Waals surface area contributed by atoms with Crippen molar-refractivity contribution >= 4 is 44.4 Å². The average molecular weight is 388 g/mol. The molecule has 1 atom stereocenters. The van der Waals surface area contributed by atoms with Crippen LogP contribution in [0, 0.1) is 10.5 Å². The predicted octanol–water partition coefficient (Wildman–Crippen LogP) is 4.79. The van der Waals surface area contributed by atoms with E-state index in [1.807, 2.05) is 19.1 Å². The van der Waals surface area contributed by atoms with Crippen LogP contribution in [0.4, 0.5) is 0 Å². The summed E-state index contributed by atoms with van der Waals surface area (Å²) in [6, 6.07) is 6.09. The van der Waals surface area contributed by atoms with Crippen molar-refractivity contribution in [1.29, 1.82) is 0 Å². The molecule has 0 aliphatic heterocycles. The van der Waals surface area contributed by atoms with Gasteiger partial charge in [-0.25, -0.2) is 0 Å². The van der Waals surface area contributed by atoms with Crippen molar-refractivity contribution in [2.75, 3.05) is 0 Å². The summed E-state index contributed by atoms with van der Waals surface area (Å²) < 4.78 is 19.8. The highest BCUT2D eigenvalue weighted by molar-refractivity contribution is 14.1. The zero-order chi connectivity index (χ0) is 13.4. The topological polar surface area (TPSA) is 30.2 Å². The Labute approximate surface area is 129 Å². The van der Waals surface area contributed by atoms with E-state index in [-0.39, 0.29) is 0 Å². The van der Waals surface area contributed by atoms with Gasteiger partial charge < -0.3 is 4.42 Å². The molecule has 1 unspecified atom stereocenters. The quantitative estimate of drug-likeness (QED) is 0.693. The van der Waals surface area contributed by atoms with Crippen molar-refractivity contribution in [3.05, 3.63) is 27.5 Å². The minimum atomic E-state index is -0.930. The Morgan fingerprint density at radius 2 is 2.00 bits per heavy atom. The Hall–Kier alpha value is -0.360. The molecular formula is C15H17IO2S. The fourth-order valence-corrected chi connectivity index (χ4v) is 5.15. The molecule has 1 aromatic carbocycles. The second-order valence-corrected chi connectivity index (χ2v) is 8.10. The van der Waals surface area contributed by atoms with Crippen molar-refractivity contribution in [3.63, 3.8) is 0 Å². The maximum atomic E-state index is 12.9. The summed E-state index contributed by atoms with van der Waals surface area (Å²) in [7, 11) is -0.930. The molecule has 4 heteroatoms. The summed E-state index contributed by atoms with van der Waals surface area (Å²) in [5, 5.41) is 1.35. The van der Waals surface area contributed by atoms with Gasteiger partial charge >= 0.3 is 0 Å². The number of halogens is 1. The monoisotopic (exact) mass is 388 g/mol. The van der Waals surface area contributed by atoms with E-state index in [0.29, 0.717) is 5.25 Å². The molecular weight excluding hydrogens is 371 g/mol. The third-order valence-corrected chi connectivity index (χ3v) is 6.48. The van der Waals surface area contributed by atoms with Crippen LogP contribution in [0.3, 0.4) is 0 Å². The van der Waals surface area contributed by atoms with Crippen molar-refractivity contribution in [3.8, 4) is 0 Å². The first-order valence-corrected chi connectivity index (χ1v) is 9.05. The largest absolute Gasteiger partial charge is 0.460 e. The first kappa shape index (κ1) is 13.6. The van der Waals surface area contributed by atoms with E-state index in [4.69, 9.17) is 4.42 Å². The van der Waals surface area contributed by atoms with Gasteiger partial charge in [0.2, 0.25) is 0 Å². The maximum absolute atomic E-state index is 12.9. The summed E-state index contributed by atoms with van der Waals surface area (Å²) in [4.78, 5) is 0.931. The molecule has 19 heavy (non-hydrogen) atoms. The molecule has 0 N–H and O–H groups in total. The molecule has 1 aliphatic carbocycles. The number of furan rings is 1. The first-order chi connectivity index (χ1) is 9.16.